The predicted octanol–water partition coefficient (Wildman–Crippen LogP) is 1.70. The number of hydrogen-bond donors (Lipinski definition) is 0. The largest absolute Gasteiger partial charge is 0.449 e. The average Bonchev–Trinajstić information content (AvgIpc) is 2.98. The molecule has 33 heavy (non-hydrogen) atoms. The molecule has 0 radical (unpaired) electrons. The second-order valence-electron chi connectivity index (χ2n) is 8.76. The molecule has 0 bridgehead atoms. The fourth-order valence-corrected chi connectivity index (χ4v) is 6.40. The molecule has 1 saturated heterocycles. The van der Waals surface area contributed by atoms with Gasteiger partial charge in [0, 0.05) is 25.6 Å². The lowest BCUT2D eigenvalue weighted by Crippen LogP contribution is -2.46. The average molecular weight is 476 g/mol. The second kappa shape index (κ2) is 9.24. The molecule has 1 fully saturated rings. The van der Waals surface area contributed by atoms with E-state index in [1.165, 1.54) is 24.0 Å². The van der Waals surface area contributed by atoms with Crippen molar-refractivity contribution >= 4 is 32.6 Å². The first-order valence-corrected chi connectivity index (χ1v) is 13.3. The van der Waals surface area contributed by atoms with Crippen LogP contribution in [0, 0.1) is 0 Å². The first-order valence-electron chi connectivity index (χ1n) is 11.5. The maximum Gasteiger partial charge on any atom is 0.338 e. The number of amides is 1. The Morgan fingerprint density at radius 3 is 2.76 bits per heavy atom. The number of carbonyl (C=O) groups excluding carboxylic acids is 2. The third-order valence-electron chi connectivity index (χ3n) is 6.46. The van der Waals surface area contributed by atoms with Crippen LogP contribution in [0.1, 0.15) is 55.7 Å². The highest BCUT2D eigenvalue weighted by atomic mass is 32.2. The molecule has 0 aliphatic carbocycles. The number of rotatable bonds is 5. The Morgan fingerprint density at radius 1 is 1.27 bits per heavy atom. The molecule has 2 aliphatic rings. The van der Waals surface area contributed by atoms with Gasteiger partial charge in [-0.3, -0.25) is 14.2 Å². The molecular weight excluding hydrogens is 446 g/mol. The highest BCUT2D eigenvalue weighted by molar-refractivity contribution is 7.91. The van der Waals surface area contributed by atoms with Gasteiger partial charge in [-0.1, -0.05) is 6.42 Å². The number of likely N-dealkylation sites (N-methyl/N-ethyl adjacent to an activating group) is 1. The van der Waals surface area contributed by atoms with Gasteiger partial charge in [0.25, 0.3) is 11.5 Å². The van der Waals surface area contributed by atoms with Gasteiger partial charge in [0.2, 0.25) is 0 Å². The number of hydrogen-bond acceptors (Lipinski definition) is 7. The highest BCUT2D eigenvalue weighted by Gasteiger charge is 2.36. The van der Waals surface area contributed by atoms with Crippen molar-refractivity contribution < 1.29 is 22.7 Å². The van der Waals surface area contributed by atoms with Crippen LogP contribution in [0.15, 0.2) is 23.0 Å². The smallest absolute Gasteiger partial charge is 0.338 e. The van der Waals surface area contributed by atoms with Crippen LogP contribution in [0.25, 0.3) is 10.9 Å². The van der Waals surface area contributed by atoms with E-state index in [-0.39, 0.29) is 22.6 Å². The van der Waals surface area contributed by atoms with E-state index in [0.29, 0.717) is 30.4 Å². The van der Waals surface area contributed by atoms with Crippen LogP contribution in [0.3, 0.4) is 0 Å². The minimum absolute atomic E-state index is 0.0589. The lowest BCUT2D eigenvalue weighted by Gasteiger charge is -2.29. The summed E-state index contributed by atoms with van der Waals surface area (Å²) in [6, 6.07) is 4.22. The summed E-state index contributed by atoms with van der Waals surface area (Å²) in [6.07, 6.45) is 2.99. The summed E-state index contributed by atoms with van der Waals surface area (Å²) in [6.45, 7) is 4.23. The van der Waals surface area contributed by atoms with E-state index in [1.54, 1.807) is 17.6 Å². The van der Waals surface area contributed by atoms with Crippen LogP contribution in [0.4, 0.5) is 0 Å². The molecule has 2 aliphatic heterocycles. The Labute approximate surface area is 192 Å². The molecule has 10 heteroatoms. The highest BCUT2D eigenvalue weighted by Crippen LogP contribution is 2.20. The van der Waals surface area contributed by atoms with Gasteiger partial charge >= 0.3 is 5.97 Å². The normalized spacial score (nSPS) is 20.6. The monoisotopic (exact) mass is 475 g/mol. The van der Waals surface area contributed by atoms with E-state index in [1.807, 2.05) is 0 Å². The van der Waals surface area contributed by atoms with Gasteiger partial charge in [0.15, 0.2) is 15.9 Å². The van der Waals surface area contributed by atoms with E-state index < -0.39 is 33.9 Å². The Kier molecular flexibility index (Phi) is 6.56. The molecule has 9 nitrogen and oxygen atoms in total. The van der Waals surface area contributed by atoms with Crippen LogP contribution >= 0.6 is 0 Å². The zero-order valence-corrected chi connectivity index (χ0v) is 19.8. The van der Waals surface area contributed by atoms with Gasteiger partial charge in [-0.05, 0) is 51.3 Å². The molecule has 2 atom stereocenters. The maximum absolute atomic E-state index is 12.9. The van der Waals surface area contributed by atoms with Gasteiger partial charge in [-0.25, -0.2) is 18.2 Å². The Bertz CT molecular complexity index is 1250. The minimum atomic E-state index is -3.15. The van der Waals surface area contributed by atoms with E-state index in [4.69, 9.17) is 4.74 Å². The lowest BCUT2D eigenvalue weighted by molar-refractivity contribution is -0.141. The summed E-state index contributed by atoms with van der Waals surface area (Å²) in [4.78, 5) is 44.6. The van der Waals surface area contributed by atoms with E-state index in [9.17, 15) is 22.8 Å². The molecule has 1 amide bonds. The molecule has 4 rings (SSSR count). The third-order valence-corrected chi connectivity index (χ3v) is 8.21. The van der Waals surface area contributed by atoms with Crippen molar-refractivity contribution in [2.75, 3.05) is 18.1 Å². The fourth-order valence-electron chi connectivity index (χ4n) is 4.67. The van der Waals surface area contributed by atoms with Crippen LogP contribution in [-0.2, 0) is 32.3 Å². The van der Waals surface area contributed by atoms with Crippen molar-refractivity contribution in [2.24, 2.45) is 0 Å². The van der Waals surface area contributed by atoms with Gasteiger partial charge in [0.05, 0.1) is 28.0 Å². The van der Waals surface area contributed by atoms with Crippen LogP contribution in [0.2, 0.25) is 0 Å². The predicted molar refractivity (Wildman–Crippen MR) is 123 cm³/mol. The number of sulfone groups is 1. The summed E-state index contributed by atoms with van der Waals surface area (Å²) in [5.74, 6) is -0.392. The Balaban J connectivity index is 1.52. The van der Waals surface area contributed by atoms with Crippen molar-refractivity contribution in [1.29, 1.82) is 0 Å². The molecule has 3 heterocycles. The van der Waals surface area contributed by atoms with E-state index in [2.05, 4.69) is 4.98 Å². The third kappa shape index (κ3) is 4.80. The zero-order valence-electron chi connectivity index (χ0n) is 19.0. The number of fused-ring (bicyclic) bond motifs is 2. The van der Waals surface area contributed by atoms with Gasteiger partial charge in [0.1, 0.15) is 5.82 Å². The molecule has 1 aromatic heterocycles. The Morgan fingerprint density at radius 2 is 2.06 bits per heavy atom. The first kappa shape index (κ1) is 23.4. The maximum atomic E-state index is 12.9. The molecule has 178 valence electrons. The van der Waals surface area contributed by atoms with Gasteiger partial charge in [-0.15, -0.1) is 0 Å². The molecule has 0 spiro atoms. The van der Waals surface area contributed by atoms with Gasteiger partial charge in [-0.2, -0.15) is 0 Å². The van der Waals surface area contributed by atoms with Crippen molar-refractivity contribution in [3.63, 3.8) is 0 Å². The topological polar surface area (TPSA) is 116 Å². The summed E-state index contributed by atoms with van der Waals surface area (Å²) in [7, 11) is -3.15. The van der Waals surface area contributed by atoms with E-state index in [0.717, 1.165) is 31.5 Å². The number of esters is 1. The van der Waals surface area contributed by atoms with Crippen molar-refractivity contribution in [1.82, 2.24) is 14.5 Å². The number of carbonyl (C=O) groups is 2. The quantitative estimate of drug-likeness (QED) is 0.605. The van der Waals surface area contributed by atoms with Crippen LogP contribution < -0.4 is 5.56 Å². The molecule has 0 saturated carbocycles. The zero-order chi connectivity index (χ0) is 23.8. The van der Waals surface area contributed by atoms with Crippen LogP contribution in [0.5, 0.6) is 0 Å². The number of nitrogens with zero attached hydrogens (tertiary/aromatic N) is 3. The van der Waals surface area contributed by atoms with Gasteiger partial charge < -0.3 is 9.64 Å². The summed E-state index contributed by atoms with van der Waals surface area (Å²) in [5.41, 5.74) is 0.539. The second-order valence-corrected chi connectivity index (χ2v) is 11.0. The molecule has 2 aromatic rings. The standard InChI is InChI=1S/C23H29N3O6S/c1-3-25(17-10-12-33(30,31)14-17)21(27)15(2)32-23(29)16-8-9-18-19(13-16)24-20-7-5-4-6-11-26(20)22(18)28/h8-9,13,15,17H,3-7,10-12,14H2,1-2H3. The van der Waals surface area contributed by atoms with E-state index >= 15 is 0 Å². The first-order chi connectivity index (χ1) is 15.7. The van der Waals surface area contributed by atoms with Crippen LogP contribution in [-0.4, -0.2) is 64.9 Å². The molecule has 1 aromatic carbocycles. The molecular formula is C23H29N3O6S. The lowest BCUT2D eigenvalue weighted by atomic mass is 10.1. The fraction of sp³-hybridized carbons (Fsp3) is 0.565. The molecule has 0 N–H and O–H groups in total. The minimum Gasteiger partial charge on any atom is -0.449 e. The number of aryl methyl sites for hydroxylation is 1. The Hall–Kier alpha value is -2.75. The SMILES string of the molecule is CCN(C(=O)C(C)OC(=O)c1ccc2c(=O)n3c(nc2c1)CCCCC3)C1CCS(=O)(=O)C1. The number of benzene rings is 1. The van der Waals surface area contributed by atoms with Crippen molar-refractivity contribution in [2.45, 2.75) is 64.6 Å². The summed E-state index contributed by atoms with van der Waals surface area (Å²) < 4.78 is 30.7. The summed E-state index contributed by atoms with van der Waals surface area (Å²) >= 11 is 0. The number of aromatic nitrogens is 2. The molecule has 2 unspecified atom stereocenters. The number of ether oxygens (including phenoxy) is 1. The van der Waals surface area contributed by atoms with Crippen molar-refractivity contribution in [3.05, 3.63) is 39.9 Å². The van der Waals surface area contributed by atoms with Crippen molar-refractivity contribution in [3.8, 4) is 0 Å². The summed E-state index contributed by atoms with van der Waals surface area (Å²) in [5, 5.41) is 0.445.